The van der Waals surface area contributed by atoms with Crippen molar-refractivity contribution in [3.05, 3.63) is 22.4 Å². The Morgan fingerprint density at radius 1 is 1.48 bits per heavy atom. The molecule has 1 amide bonds. The van der Waals surface area contributed by atoms with Crippen molar-refractivity contribution < 1.29 is 17.9 Å². The van der Waals surface area contributed by atoms with Crippen molar-refractivity contribution in [2.24, 2.45) is 5.92 Å². The zero-order valence-electron chi connectivity index (χ0n) is 11.6. The van der Waals surface area contributed by atoms with Crippen molar-refractivity contribution in [3.63, 3.8) is 0 Å². The maximum atomic E-state index is 12.1. The van der Waals surface area contributed by atoms with E-state index in [4.69, 9.17) is 4.74 Å². The van der Waals surface area contributed by atoms with Gasteiger partial charge in [-0.3, -0.25) is 4.79 Å². The van der Waals surface area contributed by atoms with Crippen molar-refractivity contribution in [3.8, 4) is 0 Å². The van der Waals surface area contributed by atoms with Gasteiger partial charge in [0.05, 0.1) is 30.9 Å². The summed E-state index contributed by atoms with van der Waals surface area (Å²) in [6.07, 6.45) is 2.19. The largest absolute Gasteiger partial charge is 0.376 e. The topological polar surface area (TPSA) is 84.5 Å². The van der Waals surface area contributed by atoms with Crippen molar-refractivity contribution in [1.29, 1.82) is 0 Å². The quantitative estimate of drug-likeness (QED) is 0.803. The highest BCUT2D eigenvalue weighted by Gasteiger charge is 2.55. The number of hydrogen-bond acceptors (Lipinski definition) is 5. The summed E-state index contributed by atoms with van der Waals surface area (Å²) in [6, 6.07) is 1.37. The molecule has 1 aliphatic carbocycles. The van der Waals surface area contributed by atoms with Crippen LogP contribution in [0.2, 0.25) is 0 Å². The molecule has 0 spiro atoms. The third-order valence-corrected chi connectivity index (χ3v) is 5.44. The fourth-order valence-corrected chi connectivity index (χ4v) is 4.55. The lowest BCUT2D eigenvalue weighted by molar-refractivity contribution is -0.124. The zero-order valence-corrected chi connectivity index (χ0v) is 13.2. The molecule has 6 nitrogen and oxygen atoms in total. The summed E-state index contributed by atoms with van der Waals surface area (Å²) in [7, 11) is -3.32. The molecule has 2 N–H and O–H groups in total. The molecule has 2 heterocycles. The van der Waals surface area contributed by atoms with Gasteiger partial charge in [-0.15, -0.1) is 0 Å². The second-order valence-electron chi connectivity index (χ2n) is 5.61. The Morgan fingerprint density at radius 3 is 2.95 bits per heavy atom. The van der Waals surface area contributed by atoms with Gasteiger partial charge in [-0.2, -0.15) is 11.3 Å². The van der Waals surface area contributed by atoms with E-state index in [1.807, 2.05) is 16.8 Å². The molecule has 0 aromatic carbocycles. The number of fused-ring (bicyclic) bond motifs is 1. The number of thiophene rings is 1. The van der Waals surface area contributed by atoms with Gasteiger partial charge in [0.2, 0.25) is 15.9 Å². The summed E-state index contributed by atoms with van der Waals surface area (Å²) in [5.41, 5.74) is 0.976. The van der Waals surface area contributed by atoms with E-state index in [0.717, 1.165) is 18.2 Å². The third kappa shape index (κ3) is 3.28. The van der Waals surface area contributed by atoms with E-state index in [9.17, 15) is 13.2 Å². The highest BCUT2D eigenvalue weighted by atomic mass is 32.2. The first-order valence-electron chi connectivity index (χ1n) is 6.83. The summed E-state index contributed by atoms with van der Waals surface area (Å²) in [4.78, 5) is 12.1. The summed E-state index contributed by atoms with van der Waals surface area (Å²) in [5, 5.41) is 6.83. The second-order valence-corrected chi connectivity index (χ2v) is 8.17. The molecule has 116 valence electrons. The van der Waals surface area contributed by atoms with Crippen LogP contribution in [-0.4, -0.2) is 45.4 Å². The first-order chi connectivity index (χ1) is 9.94. The summed E-state index contributed by atoms with van der Waals surface area (Å²) < 4.78 is 31.0. The average Bonchev–Trinajstić information content (AvgIpc) is 3.01. The van der Waals surface area contributed by atoms with E-state index in [1.54, 1.807) is 11.3 Å². The van der Waals surface area contributed by atoms with E-state index in [1.165, 1.54) is 0 Å². The van der Waals surface area contributed by atoms with Crippen LogP contribution in [0.5, 0.6) is 0 Å². The van der Waals surface area contributed by atoms with Crippen LogP contribution < -0.4 is 10.0 Å². The van der Waals surface area contributed by atoms with E-state index >= 15 is 0 Å². The zero-order chi connectivity index (χ0) is 15.0. The summed E-state index contributed by atoms with van der Waals surface area (Å²) in [5.74, 6) is 0.125. The highest BCUT2D eigenvalue weighted by molar-refractivity contribution is 7.88. The lowest BCUT2D eigenvalue weighted by Crippen LogP contribution is -2.70. The van der Waals surface area contributed by atoms with Crippen LogP contribution in [0.1, 0.15) is 12.0 Å². The third-order valence-electron chi connectivity index (χ3n) is 4.01. The molecule has 0 bridgehead atoms. The normalized spacial score (nSPS) is 31.5. The molecule has 4 atom stereocenters. The van der Waals surface area contributed by atoms with Crippen LogP contribution in [0, 0.1) is 5.92 Å². The minimum atomic E-state index is -3.32. The molecule has 3 rings (SSSR count). The van der Waals surface area contributed by atoms with E-state index in [0.29, 0.717) is 13.0 Å². The van der Waals surface area contributed by atoms with Gasteiger partial charge in [0.25, 0.3) is 0 Å². The molecule has 0 radical (unpaired) electrons. The Balaban J connectivity index is 1.63. The molecule has 0 unspecified atom stereocenters. The van der Waals surface area contributed by atoms with Crippen LogP contribution in [-0.2, 0) is 26.0 Å². The van der Waals surface area contributed by atoms with Gasteiger partial charge < -0.3 is 10.1 Å². The minimum Gasteiger partial charge on any atom is -0.376 e. The minimum absolute atomic E-state index is 0.0796. The molecular weight excluding hydrogens is 312 g/mol. The summed E-state index contributed by atoms with van der Waals surface area (Å²) >= 11 is 1.55. The number of ether oxygens (including phenoxy) is 1. The fraction of sp³-hybridized carbons (Fsp3) is 0.615. The first kappa shape index (κ1) is 15.0. The number of carbonyl (C=O) groups excluding carboxylic acids is 1. The maximum absolute atomic E-state index is 12.1. The predicted molar refractivity (Wildman–Crippen MR) is 79.6 cm³/mol. The van der Waals surface area contributed by atoms with Gasteiger partial charge in [-0.1, -0.05) is 0 Å². The first-order valence-corrected chi connectivity index (χ1v) is 9.67. The number of nitrogens with one attached hydrogen (secondary N) is 2. The van der Waals surface area contributed by atoms with Crippen LogP contribution in [0.25, 0.3) is 0 Å². The Kier molecular flexibility index (Phi) is 4.04. The predicted octanol–water partition coefficient (Wildman–Crippen LogP) is 0.112. The molecule has 21 heavy (non-hydrogen) atoms. The lowest BCUT2D eigenvalue weighted by atomic mass is 9.72. The van der Waals surface area contributed by atoms with Gasteiger partial charge in [0.15, 0.2) is 0 Å². The second kappa shape index (κ2) is 5.68. The highest BCUT2D eigenvalue weighted by Crippen LogP contribution is 2.39. The molecular formula is C13H18N2O4S2. The number of hydrogen-bond donors (Lipinski definition) is 2. The fourth-order valence-electron chi connectivity index (χ4n) is 3.11. The molecule has 1 saturated carbocycles. The van der Waals surface area contributed by atoms with E-state index in [-0.39, 0.29) is 30.0 Å². The molecule has 1 aromatic rings. The van der Waals surface area contributed by atoms with Crippen LogP contribution in [0.3, 0.4) is 0 Å². The average molecular weight is 330 g/mol. The molecule has 8 heteroatoms. The van der Waals surface area contributed by atoms with E-state index in [2.05, 4.69) is 10.0 Å². The van der Waals surface area contributed by atoms with Gasteiger partial charge in [-0.05, 0) is 28.8 Å². The Bertz CT molecular complexity index is 614. The van der Waals surface area contributed by atoms with Gasteiger partial charge >= 0.3 is 0 Å². The van der Waals surface area contributed by atoms with Crippen LogP contribution in [0.4, 0.5) is 0 Å². The van der Waals surface area contributed by atoms with Gasteiger partial charge in [-0.25, -0.2) is 13.1 Å². The number of sulfonamides is 1. The van der Waals surface area contributed by atoms with Crippen molar-refractivity contribution in [1.82, 2.24) is 10.0 Å². The van der Waals surface area contributed by atoms with Crippen LogP contribution in [0.15, 0.2) is 16.8 Å². The maximum Gasteiger partial charge on any atom is 0.224 e. The molecule has 2 aliphatic rings. The van der Waals surface area contributed by atoms with Gasteiger partial charge in [0.1, 0.15) is 0 Å². The Hall–Kier alpha value is -0.960. The number of carbonyl (C=O) groups is 1. The van der Waals surface area contributed by atoms with Crippen molar-refractivity contribution in [2.45, 2.75) is 31.0 Å². The Labute approximate surface area is 127 Å². The van der Waals surface area contributed by atoms with Crippen LogP contribution >= 0.6 is 11.3 Å². The number of amides is 1. The lowest BCUT2D eigenvalue weighted by Gasteiger charge is -2.47. The van der Waals surface area contributed by atoms with E-state index < -0.39 is 10.0 Å². The monoisotopic (exact) mass is 330 g/mol. The number of rotatable bonds is 5. The Morgan fingerprint density at radius 2 is 2.29 bits per heavy atom. The SMILES string of the molecule is CS(=O)(=O)N[C@H]1[C@H](NC(=O)Cc2ccsc2)[C@@H]2CCO[C@@H]21. The smallest absolute Gasteiger partial charge is 0.224 e. The standard InChI is InChI=1S/C13H18N2O4S2/c1-21(17,18)15-12-11(9-2-4-19-13(9)12)14-10(16)6-8-3-5-20-7-8/h3,5,7,9,11-13,15H,2,4,6H2,1H3,(H,14,16)/t9-,11+,12-,13-/m0/s1. The molecule has 1 saturated heterocycles. The van der Waals surface area contributed by atoms with Crippen molar-refractivity contribution in [2.75, 3.05) is 12.9 Å². The van der Waals surface area contributed by atoms with Crippen molar-refractivity contribution >= 4 is 27.3 Å². The molecule has 1 aliphatic heterocycles. The summed E-state index contributed by atoms with van der Waals surface area (Å²) in [6.45, 7) is 0.619. The van der Waals surface area contributed by atoms with Gasteiger partial charge in [0, 0.05) is 12.5 Å². The molecule has 1 aromatic heterocycles. The molecule has 2 fully saturated rings.